The predicted molar refractivity (Wildman–Crippen MR) is 80.6 cm³/mol. The van der Waals surface area contributed by atoms with Gasteiger partial charge in [0.15, 0.2) is 0 Å². The average molecular weight is 293 g/mol. The Labute approximate surface area is 125 Å². The third-order valence-electron chi connectivity index (χ3n) is 4.24. The molecule has 3 nitrogen and oxygen atoms in total. The number of benzene rings is 1. The van der Waals surface area contributed by atoms with Crippen LogP contribution in [-0.4, -0.2) is 29.9 Å². The van der Waals surface area contributed by atoms with Crippen molar-refractivity contribution in [1.29, 1.82) is 0 Å². The molecule has 0 atom stereocenters. The predicted octanol–water partition coefficient (Wildman–Crippen LogP) is 2.83. The van der Waals surface area contributed by atoms with Crippen LogP contribution in [0.5, 0.6) is 0 Å². The highest BCUT2D eigenvalue weighted by Gasteiger charge is 2.34. The standard InChI is InChI=1S/C16H21ClN2O/c17-14-5-1-12(2-6-14)11-18-15-7-9-19(10-8-15)16(20)13-3-4-13/h1-2,5-6,13,15,18H,3-4,7-11H2. The Morgan fingerprint density at radius 2 is 1.80 bits per heavy atom. The van der Waals surface area contributed by atoms with Gasteiger partial charge in [0.1, 0.15) is 0 Å². The summed E-state index contributed by atoms with van der Waals surface area (Å²) in [7, 11) is 0. The normalized spacial score (nSPS) is 20.1. The second-order valence-corrected chi connectivity index (χ2v) is 6.32. The van der Waals surface area contributed by atoms with Gasteiger partial charge in [-0.1, -0.05) is 23.7 Å². The molecule has 1 saturated carbocycles. The van der Waals surface area contributed by atoms with Crippen molar-refractivity contribution in [1.82, 2.24) is 10.2 Å². The lowest BCUT2D eigenvalue weighted by Crippen LogP contribution is -2.45. The van der Waals surface area contributed by atoms with Crippen LogP contribution >= 0.6 is 11.6 Å². The Balaban J connectivity index is 1.42. The van der Waals surface area contributed by atoms with Gasteiger partial charge in [-0.2, -0.15) is 0 Å². The lowest BCUT2D eigenvalue weighted by atomic mass is 10.0. The fourth-order valence-corrected chi connectivity index (χ4v) is 2.88. The number of piperidine rings is 1. The van der Waals surface area contributed by atoms with E-state index in [0.29, 0.717) is 17.9 Å². The molecule has 2 aliphatic rings. The number of amides is 1. The Kier molecular flexibility index (Phi) is 4.27. The molecule has 2 fully saturated rings. The summed E-state index contributed by atoms with van der Waals surface area (Å²) < 4.78 is 0. The van der Waals surface area contributed by atoms with Crippen LogP contribution in [-0.2, 0) is 11.3 Å². The molecular formula is C16H21ClN2O. The van der Waals surface area contributed by atoms with Crippen molar-refractivity contribution in [2.45, 2.75) is 38.3 Å². The summed E-state index contributed by atoms with van der Waals surface area (Å²) in [4.78, 5) is 14.0. The van der Waals surface area contributed by atoms with E-state index in [-0.39, 0.29) is 0 Å². The Morgan fingerprint density at radius 1 is 1.15 bits per heavy atom. The smallest absolute Gasteiger partial charge is 0.225 e. The minimum absolute atomic E-state index is 0.355. The van der Waals surface area contributed by atoms with E-state index in [1.807, 2.05) is 12.1 Å². The van der Waals surface area contributed by atoms with Crippen LogP contribution in [0.25, 0.3) is 0 Å². The molecule has 0 spiro atoms. The van der Waals surface area contributed by atoms with Crippen LogP contribution in [0.3, 0.4) is 0 Å². The number of likely N-dealkylation sites (tertiary alicyclic amines) is 1. The third-order valence-corrected chi connectivity index (χ3v) is 4.49. The first-order valence-corrected chi connectivity index (χ1v) is 7.87. The van der Waals surface area contributed by atoms with Gasteiger partial charge in [-0.15, -0.1) is 0 Å². The van der Waals surface area contributed by atoms with Crippen molar-refractivity contribution in [3.63, 3.8) is 0 Å². The molecule has 20 heavy (non-hydrogen) atoms. The van der Waals surface area contributed by atoms with Gasteiger partial charge in [-0.3, -0.25) is 4.79 Å². The first-order chi connectivity index (χ1) is 9.72. The molecule has 0 radical (unpaired) electrons. The minimum Gasteiger partial charge on any atom is -0.342 e. The highest BCUT2D eigenvalue weighted by atomic mass is 35.5. The van der Waals surface area contributed by atoms with E-state index in [9.17, 15) is 4.79 Å². The molecule has 1 aliphatic carbocycles. The summed E-state index contributed by atoms with van der Waals surface area (Å²) in [5.74, 6) is 0.745. The summed E-state index contributed by atoms with van der Waals surface area (Å²) in [5, 5.41) is 4.36. The van der Waals surface area contributed by atoms with E-state index in [4.69, 9.17) is 11.6 Å². The number of nitrogens with zero attached hydrogens (tertiary/aromatic N) is 1. The van der Waals surface area contributed by atoms with E-state index in [2.05, 4.69) is 22.3 Å². The monoisotopic (exact) mass is 292 g/mol. The summed E-state index contributed by atoms with van der Waals surface area (Å²) in [6.45, 7) is 2.69. The number of hydrogen-bond donors (Lipinski definition) is 1. The van der Waals surface area contributed by atoms with Crippen molar-refractivity contribution in [2.24, 2.45) is 5.92 Å². The van der Waals surface area contributed by atoms with E-state index in [0.717, 1.165) is 50.3 Å². The highest BCUT2D eigenvalue weighted by molar-refractivity contribution is 6.30. The van der Waals surface area contributed by atoms with E-state index < -0.39 is 0 Å². The zero-order chi connectivity index (χ0) is 13.9. The van der Waals surface area contributed by atoms with Gasteiger partial charge >= 0.3 is 0 Å². The summed E-state index contributed by atoms with van der Waals surface area (Å²) >= 11 is 5.88. The maximum absolute atomic E-state index is 12.0. The molecule has 108 valence electrons. The topological polar surface area (TPSA) is 32.3 Å². The molecule has 1 N–H and O–H groups in total. The van der Waals surface area contributed by atoms with Crippen LogP contribution < -0.4 is 5.32 Å². The molecule has 0 unspecified atom stereocenters. The summed E-state index contributed by atoms with van der Waals surface area (Å²) in [5.41, 5.74) is 1.26. The molecule has 1 aliphatic heterocycles. The molecule has 0 aromatic heterocycles. The molecule has 1 saturated heterocycles. The number of carbonyl (C=O) groups excluding carboxylic acids is 1. The summed E-state index contributed by atoms with van der Waals surface area (Å²) in [6, 6.07) is 8.49. The SMILES string of the molecule is O=C(C1CC1)N1CCC(NCc2ccc(Cl)cc2)CC1. The second-order valence-electron chi connectivity index (χ2n) is 5.88. The number of nitrogens with one attached hydrogen (secondary N) is 1. The fraction of sp³-hybridized carbons (Fsp3) is 0.562. The first-order valence-electron chi connectivity index (χ1n) is 7.49. The van der Waals surface area contributed by atoms with Crippen molar-refractivity contribution < 1.29 is 4.79 Å². The molecule has 3 rings (SSSR count). The minimum atomic E-state index is 0.355. The lowest BCUT2D eigenvalue weighted by Gasteiger charge is -2.32. The van der Waals surface area contributed by atoms with Crippen LogP contribution in [0.1, 0.15) is 31.2 Å². The third kappa shape index (κ3) is 3.53. The number of hydrogen-bond acceptors (Lipinski definition) is 2. The number of rotatable bonds is 4. The molecule has 4 heteroatoms. The maximum atomic E-state index is 12.0. The highest BCUT2D eigenvalue weighted by Crippen LogP contribution is 2.31. The van der Waals surface area contributed by atoms with Gasteiger partial charge in [0.2, 0.25) is 5.91 Å². The van der Waals surface area contributed by atoms with Crippen molar-refractivity contribution in [2.75, 3.05) is 13.1 Å². The van der Waals surface area contributed by atoms with Gasteiger partial charge in [0, 0.05) is 36.6 Å². The van der Waals surface area contributed by atoms with E-state index in [1.165, 1.54) is 5.56 Å². The van der Waals surface area contributed by atoms with Gasteiger partial charge in [0.05, 0.1) is 0 Å². The largest absolute Gasteiger partial charge is 0.342 e. The first kappa shape index (κ1) is 13.9. The number of carbonyl (C=O) groups is 1. The van der Waals surface area contributed by atoms with E-state index in [1.54, 1.807) is 0 Å². The van der Waals surface area contributed by atoms with Crippen LogP contribution in [0, 0.1) is 5.92 Å². The zero-order valence-electron chi connectivity index (χ0n) is 11.6. The Hall–Kier alpha value is -1.06. The molecule has 0 bridgehead atoms. The van der Waals surface area contributed by atoms with Crippen LogP contribution in [0.15, 0.2) is 24.3 Å². The van der Waals surface area contributed by atoms with E-state index >= 15 is 0 Å². The van der Waals surface area contributed by atoms with Gasteiger partial charge in [-0.25, -0.2) is 0 Å². The lowest BCUT2D eigenvalue weighted by molar-refractivity contribution is -0.133. The van der Waals surface area contributed by atoms with Gasteiger partial charge < -0.3 is 10.2 Å². The molecule has 1 aromatic rings. The number of halogens is 1. The van der Waals surface area contributed by atoms with Gasteiger partial charge in [0.25, 0.3) is 0 Å². The van der Waals surface area contributed by atoms with Crippen molar-refractivity contribution in [3.8, 4) is 0 Å². The fourth-order valence-electron chi connectivity index (χ4n) is 2.76. The zero-order valence-corrected chi connectivity index (χ0v) is 12.4. The molecular weight excluding hydrogens is 272 g/mol. The van der Waals surface area contributed by atoms with Crippen molar-refractivity contribution >= 4 is 17.5 Å². The second kappa shape index (κ2) is 6.15. The molecule has 1 heterocycles. The summed E-state index contributed by atoms with van der Waals surface area (Å²) in [6.07, 6.45) is 4.33. The Bertz CT molecular complexity index is 462. The van der Waals surface area contributed by atoms with Gasteiger partial charge in [-0.05, 0) is 43.4 Å². The van der Waals surface area contributed by atoms with Crippen molar-refractivity contribution in [3.05, 3.63) is 34.9 Å². The van der Waals surface area contributed by atoms with Crippen LogP contribution in [0.2, 0.25) is 5.02 Å². The maximum Gasteiger partial charge on any atom is 0.225 e. The molecule has 1 amide bonds. The average Bonchev–Trinajstić information content (AvgIpc) is 3.31. The molecule has 1 aromatic carbocycles. The quantitative estimate of drug-likeness (QED) is 0.925. The van der Waals surface area contributed by atoms with Crippen LogP contribution in [0.4, 0.5) is 0 Å². The Morgan fingerprint density at radius 3 is 2.40 bits per heavy atom.